The molecule has 0 aromatic heterocycles. The molecule has 2 rings (SSSR count). The molecule has 2 N–H and O–H groups in total. The van der Waals surface area contributed by atoms with Crippen molar-refractivity contribution in [1.82, 2.24) is 10.2 Å². The fourth-order valence-corrected chi connectivity index (χ4v) is 2.75. The molecule has 1 aromatic carbocycles. The summed E-state index contributed by atoms with van der Waals surface area (Å²) in [5.41, 5.74) is 1.17. The maximum atomic E-state index is 9.71. The Kier molecular flexibility index (Phi) is 7.00. The standard InChI is InChI=1S/C17H28N2O2/c1-2-3-4-13-21-16-7-5-15(6-8-16)17(14-20)19-11-9-18-10-12-19/h5-8,17-18,20H,2-4,9-14H2,1H3. The Bertz CT molecular complexity index is 388. The van der Waals surface area contributed by atoms with Gasteiger partial charge in [-0.15, -0.1) is 0 Å². The Morgan fingerprint density at radius 3 is 2.52 bits per heavy atom. The Morgan fingerprint density at radius 2 is 1.90 bits per heavy atom. The van der Waals surface area contributed by atoms with Crippen molar-refractivity contribution in [2.45, 2.75) is 32.2 Å². The minimum atomic E-state index is 0.0984. The summed E-state index contributed by atoms with van der Waals surface area (Å²) in [7, 11) is 0. The summed E-state index contributed by atoms with van der Waals surface area (Å²) in [5, 5.41) is 13.1. The number of unbranched alkanes of at least 4 members (excludes halogenated alkanes) is 2. The lowest BCUT2D eigenvalue weighted by Gasteiger charge is -2.34. The minimum Gasteiger partial charge on any atom is -0.494 e. The summed E-state index contributed by atoms with van der Waals surface area (Å²) in [6.07, 6.45) is 3.54. The maximum Gasteiger partial charge on any atom is 0.119 e. The van der Waals surface area contributed by atoms with Crippen LogP contribution in [0.5, 0.6) is 5.75 Å². The molecular formula is C17H28N2O2. The van der Waals surface area contributed by atoms with Crippen molar-refractivity contribution in [3.63, 3.8) is 0 Å². The summed E-state index contributed by atoms with van der Waals surface area (Å²) < 4.78 is 5.74. The van der Waals surface area contributed by atoms with E-state index in [1.54, 1.807) is 0 Å². The van der Waals surface area contributed by atoms with E-state index in [1.807, 2.05) is 12.1 Å². The zero-order chi connectivity index (χ0) is 14.9. The molecule has 1 atom stereocenters. The van der Waals surface area contributed by atoms with E-state index in [4.69, 9.17) is 4.74 Å². The first-order chi connectivity index (χ1) is 10.3. The predicted octanol–water partition coefficient (Wildman–Crippen LogP) is 2.19. The molecule has 1 unspecified atom stereocenters. The number of nitrogens with zero attached hydrogens (tertiary/aromatic N) is 1. The quantitative estimate of drug-likeness (QED) is 0.721. The predicted molar refractivity (Wildman–Crippen MR) is 85.7 cm³/mol. The molecule has 4 heteroatoms. The normalized spacial score (nSPS) is 17.6. The maximum absolute atomic E-state index is 9.71. The van der Waals surface area contributed by atoms with E-state index in [-0.39, 0.29) is 12.6 Å². The monoisotopic (exact) mass is 292 g/mol. The van der Waals surface area contributed by atoms with Crippen LogP contribution in [-0.4, -0.2) is 49.4 Å². The second kappa shape index (κ2) is 9.03. The lowest BCUT2D eigenvalue weighted by Crippen LogP contribution is -2.46. The van der Waals surface area contributed by atoms with Crippen LogP contribution >= 0.6 is 0 Å². The molecular weight excluding hydrogens is 264 g/mol. The average Bonchev–Trinajstić information content (AvgIpc) is 2.55. The van der Waals surface area contributed by atoms with Gasteiger partial charge in [-0.25, -0.2) is 0 Å². The molecule has 118 valence electrons. The molecule has 1 fully saturated rings. The summed E-state index contributed by atoms with van der Waals surface area (Å²) >= 11 is 0. The molecule has 0 saturated carbocycles. The van der Waals surface area contributed by atoms with Gasteiger partial charge in [-0.05, 0) is 24.1 Å². The van der Waals surface area contributed by atoms with E-state index in [9.17, 15) is 5.11 Å². The van der Waals surface area contributed by atoms with Crippen LogP contribution in [0.25, 0.3) is 0 Å². The lowest BCUT2D eigenvalue weighted by atomic mass is 10.1. The smallest absolute Gasteiger partial charge is 0.119 e. The van der Waals surface area contributed by atoms with Crippen molar-refractivity contribution in [2.75, 3.05) is 39.4 Å². The molecule has 1 saturated heterocycles. The molecule has 0 amide bonds. The zero-order valence-electron chi connectivity index (χ0n) is 13.1. The van der Waals surface area contributed by atoms with Gasteiger partial charge in [0.2, 0.25) is 0 Å². The number of ether oxygens (including phenoxy) is 1. The number of piperazine rings is 1. The van der Waals surface area contributed by atoms with Gasteiger partial charge in [0, 0.05) is 26.2 Å². The van der Waals surface area contributed by atoms with Gasteiger partial charge in [0.05, 0.1) is 19.3 Å². The largest absolute Gasteiger partial charge is 0.494 e. The number of hydrogen-bond acceptors (Lipinski definition) is 4. The highest BCUT2D eigenvalue weighted by molar-refractivity contribution is 5.29. The SMILES string of the molecule is CCCCCOc1ccc(C(CO)N2CCNCC2)cc1. The van der Waals surface area contributed by atoms with Crippen molar-refractivity contribution < 1.29 is 9.84 Å². The fourth-order valence-electron chi connectivity index (χ4n) is 2.75. The van der Waals surface area contributed by atoms with E-state index >= 15 is 0 Å². The van der Waals surface area contributed by atoms with Crippen LogP contribution in [0.1, 0.15) is 37.8 Å². The Labute approximate surface area is 128 Å². The molecule has 4 nitrogen and oxygen atoms in total. The van der Waals surface area contributed by atoms with Crippen molar-refractivity contribution in [3.8, 4) is 5.75 Å². The third kappa shape index (κ3) is 4.99. The van der Waals surface area contributed by atoms with Gasteiger partial charge in [-0.1, -0.05) is 31.9 Å². The Hall–Kier alpha value is -1.10. The Morgan fingerprint density at radius 1 is 1.19 bits per heavy atom. The highest BCUT2D eigenvalue weighted by Crippen LogP contribution is 2.23. The van der Waals surface area contributed by atoms with Gasteiger partial charge in [-0.2, -0.15) is 0 Å². The number of nitrogens with one attached hydrogen (secondary N) is 1. The van der Waals surface area contributed by atoms with Crippen LogP contribution in [0, 0.1) is 0 Å². The van der Waals surface area contributed by atoms with E-state index < -0.39 is 0 Å². The molecule has 0 aliphatic carbocycles. The van der Waals surface area contributed by atoms with Gasteiger partial charge in [0.15, 0.2) is 0 Å². The molecule has 0 spiro atoms. The second-order valence-corrected chi connectivity index (χ2v) is 5.61. The van der Waals surface area contributed by atoms with Gasteiger partial charge < -0.3 is 15.2 Å². The van der Waals surface area contributed by atoms with Crippen LogP contribution in [0.3, 0.4) is 0 Å². The average molecular weight is 292 g/mol. The van der Waals surface area contributed by atoms with Crippen molar-refractivity contribution in [3.05, 3.63) is 29.8 Å². The molecule has 0 radical (unpaired) electrons. The highest BCUT2D eigenvalue weighted by Gasteiger charge is 2.21. The number of hydrogen-bond donors (Lipinski definition) is 2. The van der Waals surface area contributed by atoms with Crippen LogP contribution in [0.4, 0.5) is 0 Å². The van der Waals surface area contributed by atoms with Gasteiger partial charge in [0.1, 0.15) is 5.75 Å². The van der Waals surface area contributed by atoms with E-state index in [0.717, 1.165) is 45.0 Å². The van der Waals surface area contributed by atoms with Crippen molar-refractivity contribution in [1.29, 1.82) is 0 Å². The van der Waals surface area contributed by atoms with E-state index in [0.29, 0.717) is 0 Å². The molecule has 1 aromatic rings. The zero-order valence-corrected chi connectivity index (χ0v) is 13.1. The second-order valence-electron chi connectivity index (χ2n) is 5.61. The van der Waals surface area contributed by atoms with Crippen LogP contribution in [0.15, 0.2) is 24.3 Å². The van der Waals surface area contributed by atoms with Gasteiger partial charge in [0.25, 0.3) is 0 Å². The third-order valence-electron chi connectivity index (χ3n) is 4.05. The third-order valence-corrected chi connectivity index (χ3v) is 4.05. The summed E-state index contributed by atoms with van der Waals surface area (Å²) in [5.74, 6) is 0.923. The van der Waals surface area contributed by atoms with Crippen LogP contribution in [-0.2, 0) is 0 Å². The highest BCUT2D eigenvalue weighted by atomic mass is 16.5. The summed E-state index contributed by atoms with van der Waals surface area (Å²) in [6.45, 7) is 7.11. The first-order valence-electron chi connectivity index (χ1n) is 8.13. The fraction of sp³-hybridized carbons (Fsp3) is 0.647. The van der Waals surface area contributed by atoms with E-state index in [2.05, 4.69) is 29.3 Å². The molecule has 1 heterocycles. The van der Waals surface area contributed by atoms with E-state index in [1.165, 1.54) is 18.4 Å². The number of benzene rings is 1. The first kappa shape index (κ1) is 16.3. The minimum absolute atomic E-state index is 0.0984. The first-order valence-corrected chi connectivity index (χ1v) is 8.13. The van der Waals surface area contributed by atoms with Crippen molar-refractivity contribution in [2.24, 2.45) is 0 Å². The molecule has 1 aliphatic heterocycles. The number of aliphatic hydroxyl groups excluding tert-OH is 1. The Balaban J connectivity index is 1.89. The van der Waals surface area contributed by atoms with Crippen LogP contribution < -0.4 is 10.1 Å². The van der Waals surface area contributed by atoms with Crippen LogP contribution in [0.2, 0.25) is 0 Å². The van der Waals surface area contributed by atoms with Gasteiger partial charge in [-0.3, -0.25) is 4.90 Å². The lowest BCUT2D eigenvalue weighted by molar-refractivity contribution is 0.111. The summed E-state index contributed by atoms with van der Waals surface area (Å²) in [4.78, 5) is 2.34. The van der Waals surface area contributed by atoms with Gasteiger partial charge >= 0.3 is 0 Å². The molecule has 0 bridgehead atoms. The number of rotatable bonds is 8. The molecule has 1 aliphatic rings. The summed E-state index contributed by atoms with van der Waals surface area (Å²) in [6, 6.07) is 8.30. The topological polar surface area (TPSA) is 44.7 Å². The molecule has 21 heavy (non-hydrogen) atoms. The number of aliphatic hydroxyl groups is 1. The van der Waals surface area contributed by atoms with Crippen molar-refractivity contribution >= 4 is 0 Å².